The predicted molar refractivity (Wildman–Crippen MR) is 84.8 cm³/mol. The average Bonchev–Trinajstić information content (AvgIpc) is 2.58. The lowest BCUT2D eigenvalue weighted by atomic mass is 10.1. The fraction of sp³-hybridized carbons (Fsp3) is 0.188. The maximum absolute atomic E-state index is 11.6. The summed E-state index contributed by atoms with van der Waals surface area (Å²) in [6, 6.07) is 10.8. The molecule has 126 valence electrons. The first-order chi connectivity index (χ1) is 11.5. The minimum absolute atomic E-state index is 0.0142. The molecule has 0 spiro atoms. The number of benzene rings is 2. The number of amides is 1. The number of carbonyl (C=O) groups is 1. The van der Waals surface area contributed by atoms with E-state index in [4.69, 9.17) is 14.3 Å². The van der Waals surface area contributed by atoms with E-state index in [1.54, 1.807) is 13.2 Å². The summed E-state index contributed by atoms with van der Waals surface area (Å²) in [6.07, 6.45) is -0.795. The van der Waals surface area contributed by atoms with Crippen LogP contribution in [0.1, 0.15) is 11.1 Å². The molecule has 0 radical (unpaired) electrons. The minimum atomic E-state index is -0.795. The molecule has 0 saturated carbocycles. The summed E-state index contributed by atoms with van der Waals surface area (Å²) >= 11 is 0. The zero-order valence-corrected chi connectivity index (χ0v) is 13.1. The van der Waals surface area contributed by atoms with E-state index in [0.717, 1.165) is 11.1 Å². The molecule has 2 rings (SSSR count). The van der Waals surface area contributed by atoms with Gasteiger partial charge < -0.3 is 14.3 Å². The third-order valence-electron chi connectivity index (χ3n) is 3.16. The van der Waals surface area contributed by atoms with Gasteiger partial charge in [-0.3, -0.25) is 10.1 Å². The van der Waals surface area contributed by atoms with Crippen molar-refractivity contribution in [1.29, 1.82) is 0 Å². The molecule has 0 aliphatic heterocycles. The third-order valence-corrected chi connectivity index (χ3v) is 3.16. The molecule has 0 aromatic heterocycles. The van der Waals surface area contributed by atoms with Crippen LogP contribution < -0.4 is 15.1 Å². The van der Waals surface area contributed by atoms with Gasteiger partial charge in [-0.15, -0.1) is 0 Å². The van der Waals surface area contributed by atoms with Gasteiger partial charge >= 0.3 is 6.09 Å². The number of methoxy groups -OCH3 is 1. The monoisotopic (exact) mass is 332 g/mol. The van der Waals surface area contributed by atoms with Gasteiger partial charge in [0.2, 0.25) is 0 Å². The van der Waals surface area contributed by atoms with Gasteiger partial charge in [0.25, 0.3) is 5.69 Å². The van der Waals surface area contributed by atoms with Gasteiger partial charge in [0, 0.05) is 17.7 Å². The number of hydrogen-bond acceptors (Lipinski definition) is 6. The lowest BCUT2D eigenvalue weighted by molar-refractivity contribution is -0.384. The molecule has 0 atom stereocenters. The highest BCUT2D eigenvalue weighted by atomic mass is 16.7. The number of non-ortho nitro benzene ring substituents is 1. The van der Waals surface area contributed by atoms with E-state index in [9.17, 15) is 14.9 Å². The summed E-state index contributed by atoms with van der Waals surface area (Å²) in [7, 11) is 1.55. The van der Waals surface area contributed by atoms with Crippen LogP contribution in [0.4, 0.5) is 10.5 Å². The summed E-state index contributed by atoms with van der Waals surface area (Å²) in [5, 5.41) is 10.5. The maximum atomic E-state index is 11.6. The van der Waals surface area contributed by atoms with Crippen molar-refractivity contribution in [1.82, 2.24) is 5.48 Å². The Labute approximate surface area is 138 Å². The molecule has 1 N–H and O–H groups in total. The molecule has 8 nitrogen and oxygen atoms in total. The SMILES string of the molecule is COc1c(C)cccc1COC(=O)NOc1ccc([N+](=O)[O-])cc1. The number of rotatable bonds is 6. The standard InChI is InChI=1S/C16H16N2O6/c1-11-4-3-5-12(15(11)22-2)10-23-16(19)17-24-14-8-6-13(7-9-14)18(20)21/h3-9H,10H2,1-2H3,(H,17,19). The molecule has 0 heterocycles. The molecule has 0 aliphatic carbocycles. The number of nitrogens with one attached hydrogen (secondary N) is 1. The molecule has 2 aromatic carbocycles. The Kier molecular flexibility index (Phi) is 5.56. The first-order valence-electron chi connectivity index (χ1n) is 6.98. The van der Waals surface area contributed by atoms with Gasteiger partial charge in [0.1, 0.15) is 12.4 Å². The normalized spacial score (nSPS) is 9.92. The van der Waals surface area contributed by atoms with E-state index in [1.807, 2.05) is 19.1 Å². The molecule has 1 amide bonds. The Balaban J connectivity index is 1.86. The van der Waals surface area contributed by atoms with Gasteiger partial charge in [-0.1, -0.05) is 18.2 Å². The van der Waals surface area contributed by atoms with Gasteiger partial charge in [0.15, 0.2) is 5.75 Å². The summed E-state index contributed by atoms with van der Waals surface area (Å²) in [5.74, 6) is 0.896. The quantitative estimate of drug-likeness (QED) is 0.644. The molecule has 0 bridgehead atoms. The second-order valence-electron chi connectivity index (χ2n) is 4.80. The molecule has 0 fully saturated rings. The van der Waals surface area contributed by atoms with E-state index in [1.165, 1.54) is 24.3 Å². The number of nitro benzene ring substituents is 1. The highest BCUT2D eigenvalue weighted by Gasteiger charge is 2.10. The highest BCUT2D eigenvalue weighted by molar-refractivity contribution is 5.66. The van der Waals surface area contributed by atoms with E-state index < -0.39 is 11.0 Å². The number of ether oxygens (including phenoxy) is 2. The van der Waals surface area contributed by atoms with Crippen LogP contribution in [0, 0.1) is 17.0 Å². The van der Waals surface area contributed by atoms with Crippen LogP contribution in [-0.2, 0) is 11.3 Å². The Morgan fingerprint density at radius 2 is 1.92 bits per heavy atom. The van der Waals surface area contributed by atoms with Crippen LogP contribution in [0.5, 0.6) is 11.5 Å². The molecule has 24 heavy (non-hydrogen) atoms. The van der Waals surface area contributed by atoms with E-state index in [0.29, 0.717) is 5.75 Å². The van der Waals surface area contributed by atoms with Crippen LogP contribution in [-0.4, -0.2) is 18.1 Å². The van der Waals surface area contributed by atoms with Crippen molar-refractivity contribution in [3.8, 4) is 11.5 Å². The molecule has 0 aliphatic rings. The number of nitro groups is 1. The Morgan fingerprint density at radius 1 is 1.21 bits per heavy atom. The Morgan fingerprint density at radius 3 is 2.54 bits per heavy atom. The van der Waals surface area contributed by atoms with Crippen LogP contribution in [0.15, 0.2) is 42.5 Å². The fourth-order valence-electron chi connectivity index (χ4n) is 2.03. The van der Waals surface area contributed by atoms with Crippen molar-refractivity contribution in [2.24, 2.45) is 0 Å². The summed E-state index contributed by atoms with van der Waals surface area (Å²) < 4.78 is 10.3. The van der Waals surface area contributed by atoms with Crippen molar-refractivity contribution < 1.29 is 24.0 Å². The van der Waals surface area contributed by atoms with E-state index >= 15 is 0 Å². The molecule has 0 saturated heterocycles. The molecular formula is C16H16N2O6. The second kappa shape index (κ2) is 7.82. The van der Waals surface area contributed by atoms with Gasteiger partial charge in [0.05, 0.1) is 12.0 Å². The second-order valence-corrected chi connectivity index (χ2v) is 4.80. The van der Waals surface area contributed by atoms with Crippen molar-refractivity contribution >= 4 is 11.8 Å². The van der Waals surface area contributed by atoms with Crippen molar-refractivity contribution in [2.75, 3.05) is 7.11 Å². The largest absolute Gasteiger partial charge is 0.496 e. The first kappa shape index (κ1) is 17.1. The summed E-state index contributed by atoms with van der Waals surface area (Å²) in [6.45, 7) is 1.90. The number of para-hydroxylation sites is 1. The van der Waals surface area contributed by atoms with Crippen LogP contribution in [0.3, 0.4) is 0 Å². The molecule has 8 heteroatoms. The topological polar surface area (TPSA) is 99.9 Å². The molecular weight excluding hydrogens is 316 g/mol. The maximum Gasteiger partial charge on any atom is 0.440 e. The lowest BCUT2D eigenvalue weighted by Crippen LogP contribution is -2.27. The third kappa shape index (κ3) is 4.35. The summed E-state index contributed by atoms with van der Waals surface area (Å²) in [4.78, 5) is 26.6. The predicted octanol–water partition coefficient (Wildman–Crippen LogP) is 3.13. The fourth-order valence-corrected chi connectivity index (χ4v) is 2.03. The molecule has 0 unspecified atom stereocenters. The Hall–Kier alpha value is -3.29. The van der Waals surface area contributed by atoms with Crippen LogP contribution in [0.2, 0.25) is 0 Å². The van der Waals surface area contributed by atoms with Crippen molar-refractivity contribution in [3.63, 3.8) is 0 Å². The van der Waals surface area contributed by atoms with Crippen molar-refractivity contribution in [3.05, 3.63) is 63.7 Å². The minimum Gasteiger partial charge on any atom is -0.496 e. The van der Waals surface area contributed by atoms with Crippen molar-refractivity contribution in [2.45, 2.75) is 13.5 Å². The van der Waals surface area contributed by atoms with Gasteiger partial charge in [-0.25, -0.2) is 4.79 Å². The lowest BCUT2D eigenvalue weighted by Gasteiger charge is -2.12. The zero-order chi connectivity index (χ0) is 17.5. The number of hydroxylamine groups is 1. The zero-order valence-electron chi connectivity index (χ0n) is 13.1. The smallest absolute Gasteiger partial charge is 0.440 e. The average molecular weight is 332 g/mol. The number of carbonyl (C=O) groups excluding carboxylic acids is 1. The van der Waals surface area contributed by atoms with Gasteiger partial charge in [-0.2, -0.15) is 5.48 Å². The van der Waals surface area contributed by atoms with Crippen LogP contribution in [0.25, 0.3) is 0 Å². The van der Waals surface area contributed by atoms with Crippen LogP contribution >= 0.6 is 0 Å². The number of nitrogens with zero attached hydrogens (tertiary/aromatic N) is 1. The molecule has 2 aromatic rings. The van der Waals surface area contributed by atoms with Gasteiger partial charge in [-0.05, 0) is 24.6 Å². The highest BCUT2D eigenvalue weighted by Crippen LogP contribution is 2.23. The Bertz CT molecular complexity index is 730. The van der Waals surface area contributed by atoms with E-state index in [-0.39, 0.29) is 18.0 Å². The first-order valence-corrected chi connectivity index (χ1v) is 6.98. The van der Waals surface area contributed by atoms with E-state index in [2.05, 4.69) is 5.48 Å². The number of hydrogen-bond donors (Lipinski definition) is 1. The number of aryl methyl sites for hydroxylation is 1. The summed E-state index contributed by atoms with van der Waals surface area (Å²) in [5.41, 5.74) is 3.68.